The Balaban J connectivity index is 3.05. The number of hydrogen-bond donors (Lipinski definition) is 1. The fourth-order valence-corrected chi connectivity index (χ4v) is 2.09. The van der Waals surface area contributed by atoms with Crippen LogP contribution in [0, 0.1) is 12.8 Å². The van der Waals surface area contributed by atoms with Gasteiger partial charge in [0, 0.05) is 23.8 Å². The second-order valence-electron chi connectivity index (χ2n) is 4.96. The van der Waals surface area contributed by atoms with E-state index in [-0.39, 0.29) is 0 Å². The topological polar surface area (TPSA) is 40.5 Å². The lowest BCUT2D eigenvalue weighted by Crippen LogP contribution is -2.33. The number of anilines is 1. The van der Waals surface area contributed by atoms with Crippen molar-refractivity contribution in [3.05, 3.63) is 40.9 Å². The Bertz CT molecular complexity index is 485. The first kappa shape index (κ1) is 15.6. The van der Waals surface area contributed by atoms with Crippen LogP contribution in [0.5, 0.6) is 0 Å². The number of halogens is 1. The zero-order valence-corrected chi connectivity index (χ0v) is 12.4. The molecule has 104 valence electrons. The van der Waals surface area contributed by atoms with Gasteiger partial charge < -0.3 is 10.0 Å². The van der Waals surface area contributed by atoms with Crippen LogP contribution in [0.1, 0.15) is 19.4 Å². The predicted octanol–water partition coefficient (Wildman–Crippen LogP) is 3.75. The minimum absolute atomic E-state index is 0.434. The van der Waals surface area contributed by atoms with Gasteiger partial charge in [0.05, 0.1) is 5.92 Å². The highest BCUT2D eigenvalue weighted by Crippen LogP contribution is 2.27. The van der Waals surface area contributed by atoms with Gasteiger partial charge in [-0.3, -0.25) is 4.79 Å². The van der Waals surface area contributed by atoms with Gasteiger partial charge in [0.25, 0.3) is 0 Å². The zero-order chi connectivity index (χ0) is 14.6. The first-order chi connectivity index (χ1) is 8.82. The van der Waals surface area contributed by atoms with Gasteiger partial charge in [-0.25, -0.2) is 0 Å². The molecule has 4 heteroatoms. The van der Waals surface area contributed by atoms with Crippen LogP contribution in [-0.2, 0) is 4.79 Å². The van der Waals surface area contributed by atoms with Crippen LogP contribution in [0.2, 0.25) is 5.02 Å². The molecular formula is C15H20ClNO2. The Labute approximate surface area is 119 Å². The second kappa shape index (κ2) is 6.62. The number of carbonyl (C=O) groups is 1. The van der Waals surface area contributed by atoms with Crippen molar-refractivity contribution < 1.29 is 9.90 Å². The summed E-state index contributed by atoms with van der Waals surface area (Å²) in [5.74, 6) is -1.25. The summed E-state index contributed by atoms with van der Waals surface area (Å²) in [7, 11) is 0. The highest BCUT2D eigenvalue weighted by molar-refractivity contribution is 6.31. The van der Waals surface area contributed by atoms with E-state index in [0.717, 1.165) is 16.8 Å². The summed E-state index contributed by atoms with van der Waals surface area (Å²) < 4.78 is 0. The molecule has 0 saturated heterocycles. The van der Waals surface area contributed by atoms with Gasteiger partial charge in [0.1, 0.15) is 0 Å². The van der Waals surface area contributed by atoms with Crippen LogP contribution in [-0.4, -0.2) is 24.2 Å². The van der Waals surface area contributed by atoms with Crippen molar-refractivity contribution in [3.8, 4) is 0 Å². The lowest BCUT2D eigenvalue weighted by Gasteiger charge is -2.28. The highest BCUT2D eigenvalue weighted by atomic mass is 35.5. The largest absolute Gasteiger partial charge is 0.481 e. The minimum Gasteiger partial charge on any atom is -0.481 e. The Hall–Kier alpha value is -1.48. The number of nitrogens with zero attached hydrogens (tertiary/aromatic N) is 1. The van der Waals surface area contributed by atoms with Crippen LogP contribution < -0.4 is 4.90 Å². The van der Waals surface area contributed by atoms with E-state index in [2.05, 4.69) is 6.58 Å². The van der Waals surface area contributed by atoms with Crippen molar-refractivity contribution >= 4 is 23.3 Å². The molecule has 0 aliphatic heterocycles. The first-order valence-electron chi connectivity index (χ1n) is 6.20. The van der Waals surface area contributed by atoms with Crippen molar-refractivity contribution in [2.75, 3.05) is 18.0 Å². The molecule has 1 rings (SSSR count). The predicted molar refractivity (Wildman–Crippen MR) is 80.0 cm³/mol. The Morgan fingerprint density at radius 1 is 1.53 bits per heavy atom. The molecule has 0 fully saturated rings. The van der Waals surface area contributed by atoms with Crippen LogP contribution in [0.25, 0.3) is 0 Å². The van der Waals surface area contributed by atoms with E-state index in [1.54, 1.807) is 6.92 Å². The molecule has 3 nitrogen and oxygen atoms in total. The van der Waals surface area contributed by atoms with E-state index < -0.39 is 11.9 Å². The van der Waals surface area contributed by atoms with Gasteiger partial charge in [-0.1, -0.05) is 36.7 Å². The van der Waals surface area contributed by atoms with Crippen molar-refractivity contribution in [3.63, 3.8) is 0 Å². The molecule has 1 unspecified atom stereocenters. The molecule has 0 spiro atoms. The quantitative estimate of drug-likeness (QED) is 0.807. The lowest BCUT2D eigenvalue weighted by molar-refractivity contribution is -0.140. The standard InChI is InChI=1S/C15H20ClNO2/c1-10(2)8-17(9-11(3)15(18)19)14-7-5-6-13(16)12(14)4/h5-7,11H,1,8-9H2,2-4H3,(H,18,19). The zero-order valence-electron chi connectivity index (χ0n) is 11.6. The summed E-state index contributed by atoms with van der Waals surface area (Å²) in [6, 6.07) is 5.67. The van der Waals surface area contributed by atoms with Crippen molar-refractivity contribution in [2.24, 2.45) is 5.92 Å². The van der Waals surface area contributed by atoms with Crippen LogP contribution in [0.3, 0.4) is 0 Å². The number of carboxylic acids is 1. The Kier molecular flexibility index (Phi) is 5.43. The third-order valence-corrected chi connectivity index (χ3v) is 3.37. The molecule has 0 aliphatic rings. The van der Waals surface area contributed by atoms with Crippen molar-refractivity contribution in [2.45, 2.75) is 20.8 Å². The summed E-state index contributed by atoms with van der Waals surface area (Å²) in [5.41, 5.74) is 2.91. The molecule has 0 bridgehead atoms. The summed E-state index contributed by atoms with van der Waals surface area (Å²) in [5, 5.41) is 9.75. The third kappa shape index (κ3) is 4.28. The smallest absolute Gasteiger partial charge is 0.308 e. The second-order valence-corrected chi connectivity index (χ2v) is 5.37. The van der Waals surface area contributed by atoms with Gasteiger partial charge in [-0.15, -0.1) is 0 Å². The SMILES string of the molecule is C=C(C)CN(CC(C)C(=O)O)c1cccc(Cl)c1C. The fraction of sp³-hybridized carbons (Fsp3) is 0.400. The maximum Gasteiger partial charge on any atom is 0.308 e. The number of hydrogen-bond acceptors (Lipinski definition) is 2. The fourth-order valence-electron chi connectivity index (χ4n) is 1.92. The van der Waals surface area contributed by atoms with Gasteiger partial charge in [-0.2, -0.15) is 0 Å². The van der Waals surface area contributed by atoms with Crippen LogP contribution >= 0.6 is 11.6 Å². The summed E-state index contributed by atoms with van der Waals surface area (Å²) >= 11 is 6.13. The monoisotopic (exact) mass is 281 g/mol. The van der Waals surface area contributed by atoms with Crippen LogP contribution in [0.15, 0.2) is 30.4 Å². The molecule has 0 aromatic heterocycles. The van der Waals surface area contributed by atoms with Crippen molar-refractivity contribution in [1.29, 1.82) is 0 Å². The average Bonchev–Trinajstić information content (AvgIpc) is 2.31. The van der Waals surface area contributed by atoms with E-state index in [9.17, 15) is 4.79 Å². The molecule has 0 aliphatic carbocycles. The summed E-state index contributed by atoms with van der Waals surface area (Å²) in [4.78, 5) is 13.0. The number of rotatable bonds is 6. The van der Waals surface area contributed by atoms with Gasteiger partial charge >= 0.3 is 5.97 Å². The van der Waals surface area contributed by atoms with Gasteiger partial charge in [0.2, 0.25) is 0 Å². The minimum atomic E-state index is -0.800. The molecule has 1 aromatic rings. The Morgan fingerprint density at radius 2 is 2.16 bits per heavy atom. The van der Waals surface area contributed by atoms with E-state index in [1.807, 2.05) is 36.9 Å². The maximum atomic E-state index is 11.0. The highest BCUT2D eigenvalue weighted by Gasteiger charge is 2.18. The van der Waals surface area contributed by atoms with E-state index in [4.69, 9.17) is 16.7 Å². The third-order valence-electron chi connectivity index (χ3n) is 2.96. The molecule has 0 saturated carbocycles. The molecule has 1 atom stereocenters. The van der Waals surface area contributed by atoms with Gasteiger partial charge in [-0.05, 0) is 31.5 Å². The van der Waals surface area contributed by atoms with Gasteiger partial charge in [0.15, 0.2) is 0 Å². The number of benzene rings is 1. The lowest BCUT2D eigenvalue weighted by atomic mass is 10.1. The summed E-state index contributed by atoms with van der Waals surface area (Å²) in [6.45, 7) is 10.5. The molecule has 0 heterocycles. The molecule has 1 aromatic carbocycles. The normalized spacial score (nSPS) is 12.0. The first-order valence-corrected chi connectivity index (χ1v) is 6.58. The van der Waals surface area contributed by atoms with E-state index in [0.29, 0.717) is 18.1 Å². The summed E-state index contributed by atoms with van der Waals surface area (Å²) in [6.07, 6.45) is 0. The van der Waals surface area contributed by atoms with Crippen molar-refractivity contribution in [1.82, 2.24) is 0 Å². The molecule has 1 N–H and O–H groups in total. The molecule has 0 amide bonds. The van der Waals surface area contributed by atoms with E-state index in [1.165, 1.54) is 0 Å². The molecule has 0 radical (unpaired) electrons. The Morgan fingerprint density at radius 3 is 2.68 bits per heavy atom. The molecular weight excluding hydrogens is 262 g/mol. The number of carboxylic acid groups (broad SMARTS) is 1. The average molecular weight is 282 g/mol. The van der Waals surface area contributed by atoms with Crippen LogP contribution in [0.4, 0.5) is 5.69 Å². The number of aliphatic carboxylic acids is 1. The maximum absolute atomic E-state index is 11.0. The van der Waals surface area contributed by atoms with E-state index >= 15 is 0 Å². The molecule has 19 heavy (non-hydrogen) atoms.